The summed E-state index contributed by atoms with van der Waals surface area (Å²) in [6, 6.07) is 5.53. The molecule has 0 radical (unpaired) electrons. The zero-order chi connectivity index (χ0) is 18.1. The summed E-state index contributed by atoms with van der Waals surface area (Å²) < 4.78 is 4.85. The van der Waals surface area contributed by atoms with Gasteiger partial charge in [-0.05, 0) is 56.4 Å². The van der Waals surface area contributed by atoms with Crippen molar-refractivity contribution in [3.05, 3.63) is 41.5 Å². The molecule has 134 valence electrons. The molecule has 0 aromatic heterocycles. The molecule has 0 aliphatic heterocycles. The smallest absolute Gasteiger partial charge is 0.338 e. The van der Waals surface area contributed by atoms with Crippen molar-refractivity contribution in [2.24, 2.45) is 0 Å². The molecule has 7 heteroatoms. The third-order valence-corrected chi connectivity index (χ3v) is 3.85. The second-order valence-electron chi connectivity index (χ2n) is 5.86. The Bertz CT molecular complexity index is 653. The Morgan fingerprint density at radius 2 is 1.88 bits per heavy atom. The van der Waals surface area contributed by atoms with Crippen LogP contribution in [0.3, 0.4) is 0 Å². The molecule has 2 rings (SSSR count). The molecule has 0 fully saturated rings. The lowest BCUT2D eigenvalue weighted by molar-refractivity contribution is -0.123. The SMILES string of the molecule is Nc1ccc(C(=O)OCC(=O)NC(=O)NCCC2=CCCCC2)cc1. The van der Waals surface area contributed by atoms with E-state index in [1.165, 1.54) is 30.5 Å². The van der Waals surface area contributed by atoms with E-state index in [0.717, 1.165) is 19.3 Å². The van der Waals surface area contributed by atoms with E-state index in [2.05, 4.69) is 16.7 Å². The molecule has 0 saturated heterocycles. The fraction of sp³-hybridized carbons (Fsp3) is 0.389. The van der Waals surface area contributed by atoms with Gasteiger partial charge in [0.25, 0.3) is 5.91 Å². The number of benzene rings is 1. The van der Waals surface area contributed by atoms with E-state index in [-0.39, 0.29) is 5.56 Å². The Labute approximate surface area is 146 Å². The third-order valence-electron chi connectivity index (χ3n) is 3.85. The molecule has 1 aromatic carbocycles. The first-order valence-corrected chi connectivity index (χ1v) is 8.33. The van der Waals surface area contributed by atoms with Gasteiger partial charge < -0.3 is 15.8 Å². The number of allylic oxidation sites excluding steroid dienone is 1. The van der Waals surface area contributed by atoms with Crippen molar-refractivity contribution in [1.29, 1.82) is 0 Å². The van der Waals surface area contributed by atoms with Gasteiger partial charge in [0.15, 0.2) is 6.61 Å². The highest BCUT2D eigenvalue weighted by Gasteiger charge is 2.12. The Balaban J connectivity index is 1.63. The van der Waals surface area contributed by atoms with E-state index in [0.29, 0.717) is 12.2 Å². The number of ether oxygens (including phenoxy) is 1. The van der Waals surface area contributed by atoms with Gasteiger partial charge in [-0.15, -0.1) is 0 Å². The number of urea groups is 1. The van der Waals surface area contributed by atoms with Crippen LogP contribution in [0.2, 0.25) is 0 Å². The van der Waals surface area contributed by atoms with E-state index in [9.17, 15) is 14.4 Å². The highest BCUT2D eigenvalue weighted by Crippen LogP contribution is 2.19. The largest absolute Gasteiger partial charge is 0.452 e. The van der Waals surface area contributed by atoms with Crippen molar-refractivity contribution in [2.45, 2.75) is 32.1 Å². The van der Waals surface area contributed by atoms with Crippen LogP contribution < -0.4 is 16.4 Å². The number of esters is 1. The highest BCUT2D eigenvalue weighted by atomic mass is 16.5. The number of hydrogen-bond acceptors (Lipinski definition) is 5. The fourth-order valence-electron chi connectivity index (χ4n) is 2.51. The predicted octanol–water partition coefficient (Wildman–Crippen LogP) is 2.14. The number of carbonyl (C=O) groups excluding carboxylic acids is 3. The summed E-state index contributed by atoms with van der Waals surface area (Å²) in [5.41, 5.74) is 7.68. The maximum Gasteiger partial charge on any atom is 0.338 e. The molecule has 7 nitrogen and oxygen atoms in total. The lowest BCUT2D eigenvalue weighted by atomic mass is 9.97. The summed E-state index contributed by atoms with van der Waals surface area (Å²) in [4.78, 5) is 35.0. The Kier molecular flexibility index (Phi) is 7.00. The van der Waals surface area contributed by atoms with Gasteiger partial charge >= 0.3 is 12.0 Å². The van der Waals surface area contributed by atoms with Gasteiger partial charge in [-0.2, -0.15) is 0 Å². The fourth-order valence-corrected chi connectivity index (χ4v) is 2.51. The quantitative estimate of drug-likeness (QED) is 0.416. The number of nitrogen functional groups attached to an aromatic ring is 1. The van der Waals surface area contributed by atoms with Crippen LogP contribution in [0.1, 0.15) is 42.5 Å². The Morgan fingerprint density at radius 3 is 2.56 bits per heavy atom. The summed E-state index contributed by atoms with van der Waals surface area (Å²) in [5.74, 6) is -1.34. The number of imide groups is 1. The van der Waals surface area contributed by atoms with E-state index in [1.54, 1.807) is 12.1 Å². The van der Waals surface area contributed by atoms with Crippen molar-refractivity contribution in [2.75, 3.05) is 18.9 Å². The molecule has 0 unspecified atom stereocenters. The van der Waals surface area contributed by atoms with E-state index >= 15 is 0 Å². The van der Waals surface area contributed by atoms with Crippen LogP contribution in [0.4, 0.5) is 10.5 Å². The first-order chi connectivity index (χ1) is 12.0. The van der Waals surface area contributed by atoms with E-state index in [4.69, 9.17) is 10.5 Å². The average molecular weight is 345 g/mol. The number of hydrogen-bond donors (Lipinski definition) is 3. The van der Waals surface area contributed by atoms with Gasteiger partial charge in [-0.1, -0.05) is 11.6 Å². The minimum absolute atomic E-state index is 0.284. The van der Waals surface area contributed by atoms with Gasteiger partial charge in [-0.25, -0.2) is 9.59 Å². The number of amides is 3. The van der Waals surface area contributed by atoms with Crippen molar-refractivity contribution in [1.82, 2.24) is 10.6 Å². The van der Waals surface area contributed by atoms with Crippen molar-refractivity contribution in [3.63, 3.8) is 0 Å². The average Bonchev–Trinajstić information content (AvgIpc) is 2.61. The molecule has 1 aliphatic carbocycles. The van der Waals surface area contributed by atoms with E-state index in [1.807, 2.05) is 0 Å². The molecular formula is C18H23N3O4. The van der Waals surface area contributed by atoms with Crippen LogP contribution in [-0.4, -0.2) is 31.1 Å². The minimum Gasteiger partial charge on any atom is -0.452 e. The number of anilines is 1. The van der Waals surface area contributed by atoms with Gasteiger partial charge in [-0.3, -0.25) is 10.1 Å². The molecule has 0 heterocycles. The first-order valence-electron chi connectivity index (χ1n) is 8.33. The molecule has 0 saturated carbocycles. The van der Waals surface area contributed by atoms with Crippen LogP contribution in [0, 0.1) is 0 Å². The lowest BCUT2D eigenvalue weighted by Crippen LogP contribution is -2.41. The molecule has 1 aromatic rings. The maximum absolute atomic E-state index is 11.7. The molecule has 4 N–H and O–H groups in total. The summed E-state index contributed by atoms with van der Waals surface area (Å²) in [7, 11) is 0. The molecular weight excluding hydrogens is 322 g/mol. The summed E-state index contributed by atoms with van der Waals surface area (Å²) in [6.45, 7) is -0.0576. The summed E-state index contributed by atoms with van der Waals surface area (Å²) in [5, 5.41) is 4.75. The Morgan fingerprint density at radius 1 is 1.12 bits per heavy atom. The zero-order valence-corrected chi connectivity index (χ0v) is 14.0. The second kappa shape index (κ2) is 9.46. The van der Waals surface area contributed by atoms with Crippen molar-refractivity contribution < 1.29 is 19.1 Å². The maximum atomic E-state index is 11.7. The summed E-state index contributed by atoms with van der Waals surface area (Å²) in [6.07, 6.45) is 7.58. The molecule has 25 heavy (non-hydrogen) atoms. The molecule has 0 spiro atoms. The van der Waals surface area contributed by atoms with Crippen LogP contribution >= 0.6 is 0 Å². The highest BCUT2D eigenvalue weighted by molar-refractivity contribution is 5.97. The van der Waals surface area contributed by atoms with Crippen LogP contribution in [-0.2, 0) is 9.53 Å². The number of nitrogens with two attached hydrogens (primary N) is 1. The zero-order valence-electron chi connectivity index (χ0n) is 14.0. The van der Waals surface area contributed by atoms with E-state index < -0.39 is 24.5 Å². The molecule has 0 atom stereocenters. The van der Waals surface area contributed by atoms with Crippen molar-refractivity contribution in [3.8, 4) is 0 Å². The predicted molar refractivity (Wildman–Crippen MR) is 93.8 cm³/mol. The summed E-state index contributed by atoms with van der Waals surface area (Å²) >= 11 is 0. The topological polar surface area (TPSA) is 111 Å². The van der Waals surface area contributed by atoms with Gasteiger partial charge in [0.2, 0.25) is 0 Å². The van der Waals surface area contributed by atoms with Crippen LogP contribution in [0.15, 0.2) is 35.9 Å². The normalized spacial score (nSPS) is 13.5. The number of nitrogens with one attached hydrogen (secondary N) is 2. The van der Waals surface area contributed by atoms with Gasteiger partial charge in [0, 0.05) is 12.2 Å². The number of rotatable bonds is 6. The Hall–Kier alpha value is -2.83. The lowest BCUT2D eigenvalue weighted by Gasteiger charge is -2.13. The standard InChI is InChI=1S/C18H23N3O4/c19-15-8-6-14(7-9-15)17(23)25-12-16(22)21-18(24)20-11-10-13-4-2-1-3-5-13/h4,6-9H,1-3,5,10-12,19H2,(H2,20,21,22,24). The second-order valence-corrected chi connectivity index (χ2v) is 5.86. The van der Waals surface area contributed by atoms with Gasteiger partial charge in [0.05, 0.1) is 5.56 Å². The molecule has 3 amide bonds. The first kappa shape index (κ1) is 18.5. The van der Waals surface area contributed by atoms with Crippen LogP contribution in [0.5, 0.6) is 0 Å². The monoisotopic (exact) mass is 345 g/mol. The number of carbonyl (C=O) groups is 3. The minimum atomic E-state index is -0.682. The molecule has 1 aliphatic rings. The van der Waals surface area contributed by atoms with Gasteiger partial charge in [0.1, 0.15) is 0 Å². The molecule has 0 bridgehead atoms. The van der Waals surface area contributed by atoms with Crippen molar-refractivity contribution >= 4 is 23.6 Å². The third kappa shape index (κ3) is 6.66. The van der Waals surface area contributed by atoms with Crippen LogP contribution in [0.25, 0.3) is 0 Å².